The van der Waals surface area contributed by atoms with Crippen LogP contribution in [0, 0.1) is 0 Å². The molecule has 2 saturated heterocycles. The summed E-state index contributed by atoms with van der Waals surface area (Å²) in [6.07, 6.45) is 2.12. The van der Waals surface area contributed by atoms with Crippen molar-refractivity contribution in [2.45, 2.75) is 58.0 Å². The average molecular weight is 405 g/mol. The zero-order valence-corrected chi connectivity index (χ0v) is 17.9. The number of guanidine groups is 1. The molecule has 7 nitrogen and oxygen atoms in total. The summed E-state index contributed by atoms with van der Waals surface area (Å²) in [5.41, 5.74) is 0.804. The summed E-state index contributed by atoms with van der Waals surface area (Å²) in [7, 11) is 0. The lowest BCUT2D eigenvalue weighted by atomic mass is 10.1. The third-order valence-electron chi connectivity index (χ3n) is 5.34. The molecule has 3 N–H and O–H groups in total. The van der Waals surface area contributed by atoms with Crippen molar-refractivity contribution >= 4 is 5.96 Å². The Bertz CT molecular complexity index is 667. The van der Waals surface area contributed by atoms with E-state index in [1.165, 1.54) is 19.4 Å². The maximum Gasteiger partial charge on any atom is 0.191 e. The van der Waals surface area contributed by atoms with E-state index in [9.17, 15) is 5.11 Å². The number of aliphatic hydroxyl groups excluding tert-OH is 1. The number of rotatable bonds is 8. The van der Waals surface area contributed by atoms with Crippen molar-refractivity contribution in [2.24, 2.45) is 4.99 Å². The van der Waals surface area contributed by atoms with Crippen LogP contribution in [-0.4, -0.2) is 73.5 Å². The first-order valence-electron chi connectivity index (χ1n) is 10.9. The molecule has 0 aromatic heterocycles. The van der Waals surface area contributed by atoms with E-state index in [-0.39, 0.29) is 18.8 Å². The smallest absolute Gasteiger partial charge is 0.191 e. The molecule has 162 valence electrons. The minimum Gasteiger partial charge on any atom is -0.491 e. The largest absolute Gasteiger partial charge is 0.491 e. The second kappa shape index (κ2) is 10.8. The molecule has 2 aliphatic rings. The average Bonchev–Trinajstić information content (AvgIpc) is 3.17. The molecule has 1 aromatic rings. The van der Waals surface area contributed by atoms with Crippen LogP contribution >= 0.6 is 0 Å². The van der Waals surface area contributed by atoms with Crippen molar-refractivity contribution in [2.75, 3.05) is 39.3 Å². The number of ether oxygens (including phenoxy) is 2. The SMILES string of the molecule is CCNC(=NCC(O)c1cccc(OC(C)C)c1)NCC1CN2CCCC2CO1. The van der Waals surface area contributed by atoms with Crippen molar-refractivity contribution in [3.8, 4) is 5.75 Å². The second-order valence-electron chi connectivity index (χ2n) is 8.10. The molecule has 3 unspecified atom stereocenters. The number of fused-ring (bicyclic) bond motifs is 1. The molecular formula is C22H36N4O3. The van der Waals surface area contributed by atoms with Gasteiger partial charge in [-0.1, -0.05) is 12.1 Å². The molecule has 0 aliphatic carbocycles. The second-order valence-corrected chi connectivity index (χ2v) is 8.10. The van der Waals surface area contributed by atoms with Gasteiger partial charge in [-0.3, -0.25) is 9.89 Å². The Kier molecular flexibility index (Phi) is 8.15. The van der Waals surface area contributed by atoms with Crippen molar-refractivity contribution in [3.05, 3.63) is 29.8 Å². The van der Waals surface area contributed by atoms with Crippen LogP contribution in [0.2, 0.25) is 0 Å². The van der Waals surface area contributed by atoms with Gasteiger partial charge in [-0.05, 0) is 57.9 Å². The van der Waals surface area contributed by atoms with Gasteiger partial charge in [0.05, 0.1) is 31.5 Å². The van der Waals surface area contributed by atoms with E-state index in [1.807, 2.05) is 45.0 Å². The van der Waals surface area contributed by atoms with Gasteiger partial charge in [-0.25, -0.2) is 0 Å². The van der Waals surface area contributed by atoms with Crippen LogP contribution in [0.4, 0.5) is 0 Å². The van der Waals surface area contributed by atoms with Crippen molar-refractivity contribution < 1.29 is 14.6 Å². The number of aliphatic hydroxyl groups is 1. The van der Waals surface area contributed by atoms with Crippen molar-refractivity contribution in [1.82, 2.24) is 15.5 Å². The van der Waals surface area contributed by atoms with E-state index in [4.69, 9.17) is 9.47 Å². The topological polar surface area (TPSA) is 78.4 Å². The van der Waals surface area contributed by atoms with Crippen LogP contribution in [0.25, 0.3) is 0 Å². The minimum absolute atomic E-state index is 0.0998. The predicted octanol–water partition coefficient (Wildman–Crippen LogP) is 1.93. The first-order valence-corrected chi connectivity index (χ1v) is 10.9. The lowest BCUT2D eigenvalue weighted by Gasteiger charge is -2.35. The number of aliphatic imine (C=N–C) groups is 1. The molecule has 1 aromatic carbocycles. The Morgan fingerprint density at radius 3 is 3.03 bits per heavy atom. The van der Waals surface area contributed by atoms with Gasteiger partial charge < -0.3 is 25.2 Å². The normalized spacial score (nSPS) is 23.7. The van der Waals surface area contributed by atoms with E-state index in [2.05, 4.69) is 20.5 Å². The zero-order valence-electron chi connectivity index (χ0n) is 17.9. The summed E-state index contributed by atoms with van der Waals surface area (Å²) in [6, 6.07) is 8.19. The van der Waals surface area contributed by atoms with Gasteiger partial charge in [0, 0.05) is 25.7 Å². The van der Waals surface area contributed by atoms with Crippen LogP contribution in [0.1, 0.15) is 45.3 Å². The molecule has 0 radical (unpaired) electrons. The third-order valence-corrected chi connectivity index (χ3v) is 5.34. The summed E-state index contributed by atoms with van der Waals surface area (Å²) in [5, 5.41) is 17.2. The van der Waals surface area contributed by atoms with Gasteiger partial charge in [-0.15, -0.1) is 0 Å². The number of hydrogen-bond acceptors (Lipinski definition) is 5. The summed E-state index contributed by atoms with van der Waals surface area (Å²) in [5.74, 6) is 1.47. The number of nitrogens with zero attached hydrogens (tertiary/aromatic N) is 2. The Labute approximate surface area is 174 Å². The highest BCUT2D eigenvalue weighted by atomic mass is 16.5. The standard InChI is InChI=1S/C22H36N4O3/c1-4-23-22(24-12-20-14-26-10-6-8-18(26)15-28-20)25-13-21(27)17-7-5-9-19(11-17)29-16(2)3/h5,7,9,11,16,18,20-21,27H,4,6,8,10,12-15H2,1-3H3,(H2,23,24,25). The first kappa shape index (κ1) is 21.9. The Balaban J connectivity index is 1.51. The fourth-order valence-corrected chi connectivity index (χ4v) is 3.91. The summed E-state index contributed by atoms with van der Waals surface area (Å²) in [4.78, 5) is 7.10. The molecular weight excluding hydrogens is 368 g/mol. The maximum absolute atomic E-state index is 10.6. The molecule has 29 heavy (non-hydrogen) atoms. The molecule has 2 heterocycles. The van der Waals surface area contributed by atoms with Crippen LogP contribution in [0.15, 0.2) is 29.3 Å². The molecule has 3 rings (SSSR count). The minimum atomic E-state index is -0.683. The number of hydrogen-bond donors (Lipinski definition) is 3. The van der Waals surface area contributed by atoms with Crippen LogP contribution < -0.4 is 15.4 Å². The van der Waals surface area contributed by atoms with Crippen molar-refractivity contribution in [1.29, 1.82) is 0 Å². The monoisotopic (exact) mass is 404 g/mol. The Hall–Kier alpha value is -1.83. The zero-order chi connectivity index (χ0) is 20.6. The fourth-order valence-electron chi connectivity index (χ4n) is 3.91. The summed E-state index contributed by atoms with van der Waals surface area (Å²) < 4.78 is 11.7. The van der Waals surface area contributed by atoms with Crippen LogP contribution in [0.3, 0.4) is 0 Å². The quantitative estimate of drug-likeness (QED) is 0.454. The lowest BCUT2D eigenvalue weighted by Crippen LogP contribution is -2.51. The number of benzene rings is 1. The first-order chi connectivity index (χ1) is 14.0. The van der Waals surface area contributed by atoms with E-state index >= 15 is 0 Å². The van der Waals surface area contributed by atoms with E-state index < -0.39 is 6.10 Å². The van der Waals surface area contributed by atoms with Gasteiger partial charge in [0.15, 0.2) is 5.96 Å². The molecule has 2 aliphatic heterocycles. The molecule has 0 bridgehead atoms. The highest BCUT2D eigenvalue weighted by molar-refractivity contribution is 5.79. The highest BCUT2D eigenvalue weighted by Crippen LogP contribution is 2.22. The van der Waals surface area contributed by atoms with Gasteiger partial charge in [-0.2, -0.15) is 0 Å². The fraction of sp³-hybridized carbons (Fsp3) is 0.682. The molecule has 2 fully saturated rings. The van der Waals surface area contributed by atoms with Crippen LogP contribution in [0.5, 0.6) is 5.75 Å². The molecule has 0 spiro atoms. The van der Waals surface area contributed by atoms with Gasteiger partial charge >= 0.3 is 0 Å². The predicted molar refractivity (Wildman–Crippen MR) is 115 cm³/mol. The Morgan fingerprint density at radius 1 is 1.38 bits per heavy atom. The Morgan fingerprint density at radius 2 is 2.24 bits per heavy atom. The number of nitrogens with one attached hydrogen (secondary N) is 2. The number of morpholine rings is 1. The van der Waals surface area contributed by atoms with Gasteiger partial charge in [0.2, 0.25) is 0 Å². The highest BCUT2D eigenvalue weighted by Gasteiger charge is 2.32. The molecule has 3 atom stereocenters. The maximum atomic E-state index is 10.6. The molecule has 0 amide bonds. The molecule has 0 saturated carbocycles. The van der Waals surface area contributed by atoms with E-state index in [0.29, 0.717) is 18.5 Å². The van der Waals surface area contributed by atoms with E-state index in [1.54, 1.807) is 0 Å². The summed E-state index contributed by atoms with van der Waals surface area (Å²) >= 11 is 0. The molecule has 7 heteroatoms. The van der Waals surface area contributed by atoms with Gasteiger partial charge in [0.25, 0.3) is 0 Å². The summed E-state index contributed by atoms with van der Waals surface area (Å²) in [6.45, 7) is 10.7. The van der Waals surface area contributed by atoms with E-state index in [0.717, 1.165) is 31.0 Å². The van der Waals surface area contributed by atoms with Gasteiger partial charge in [0.1, 0.15) is 5.75 Å². The third kappa shape index (κ3) is 6.59. The lowest BCUT2D eigenvalue weighted by molar-refractivity contribution is -0.0453. The van der Waals surface area contributed by atoms with Crippen molar-refractivity contribution in [3.63, 3.8) is 0 Å². The van der Waals surface area contributed by atoms with Crippen LogP contribution in [-0.2, 0) is 4.74 Å².